The first kappa shape index (κ1) is 27.6. The molecule has 2 fully saturated rings. The number of carbonyl (C=O) groups excluding carboxylic acids is 2. The van der Waals surface area contributed by atoms with Gasteiger partial charge in [0.15, 0.2) is 0 Å². The van der Waals surface area contributed by atoms with Crippen molar-refractivity contribution in [1.29, 1.82) is 0 Å². The van der Waals surface area contributed by atoms with Gasteiger partial charge in [-0.15, -0.1) is 11.7 Å². The van der Waals surface area contributed by atoms with Crippen LogP contribution in [0, 0.1) is 23.7 Å². The van der Waals surface area contributed by atoms with Crippen molar-refractivity contribution in [1.82, 2.24) is 15.2 Å². The van der Waals surface area contributed by atoms with E-state index >= 15 is 0 Å². The Morgan fingerprint density at radius 1 is 1.22 bits per heavy atom. The predicted molar refractivity (Wildman–Crippen MR) is 139 cm³/mol. The number of anilines is 1. The van der Waals surface area contributed by atoms with Gasteiger partial charge >= 0.3 is 11.9 Å². The minimum atomic E-state index is -1.18. The maximum absolute atomic E-state index is 12.7. The third-order valence-corrected chi connectivity index (χ3v) is 7.04. The summed E-state index contributed by atoms with van der Waals surface area (Å²) in [5.41, 5.74) is 3.29. The lowest BCUT2D eigenvalue weighted by Gasteiger charge is -2.42. The Hall–Kier alpha value is -2.97. The number of aromatic nitrogens is 3. The summed E-state index contributed by atoms with van der Waals surface area (Å²) in [7, 11) is 0. The number of ether oxygens (including phenoxy) is 2. The zero-order valence-electron chi connectivity index (χ0n) is 22.3. The number of carbonyl (C=O) groups is 2. The van der Waals surface area contributed by atoms with Crippen LogP contribution in [0.15, 0.2) is 29.4 Å². The molecule has 3 rings (SSSR count). The lowest BCUT2D eigenvalue weighted by Crippen LogP contribution is -2.52. The minimum absolute atomic E-state index is 0.160. The molecule has 1 saturated carbocycles. The second kappa shape index (κ2) is 12.3. The van der Waals surface area contributed by atoms with Crippen LogP contribution in [0.3, 0.4) is 0 Å². The van der Waals surface area contributed by atoms with Crippen LogP contribution in [-0.4, -0.2) is 38.6 Å². The molecule has 1 aromatic rings. The van der Waals surface area contributed by atoms with E-state index in [0.717, 1.165) is 37.7 Å². The number of allylic oxidation sites excluding steroid dienone is 3. The van der Waals surface area contributed by atoms with Crippen LogP contribution < -0.4 is 5.43 Å². The molecule has 1 aromatic heterocycles. The molecule has 1 aliphatic carbocycles. The molecule has 2 aliphatic rings. The van der Waals surface area contributed by atoms with E-state index < -0.39 is 23.4 Å². The molecule has 1 aliphatic heterocycles. The van der Waals surface area contributed by atoms with Gasteiger partial charge in [0.25, 0.3) is 17.4 Å². The second-order valence-electron chi connectivity index (χ2n) is 10.8. The average molecular weight is 500 g/mol. The second-order valence-corrected chi connectivity index (χ2v) is 10.8. The van der Waals surface area contributed by atoms with E-state index in [-0.39, 0.29) is 5.95 Å². The highest BCUT2D eigenvalue weighted by molar-refractivity contribution is 6.63. The van der Waals surface area contributed by atoms with Crippen molar-refractivity contribution in [3.63, 3.8) is 0 Å². The molecule has 1 saturated heterocycles. The van der Waals surface area contributed by atoms with Gasteiger partial charge in [0, 0.05) is 19.3 Å². The fourth-order valence-electron chi connectivity index (χ4n) is 5.25. The monoisotopic (exact) mass is 499 g/mol. The van der Waals surface area contributed by atoms with Crippen molar-refractivity contribution in [3.05, 3.63) is 30.1 Å². The number of nitrogens with one attached hydrogen (secondary N) is 2. The van der Waals surface area contributed by atoms with Crippen LogP contribution in [0.1, 0.15) is 85.4 Å². The summed E-state index contributed by atoms with van der Waals surface area (Å²) in [4.78, 5) is 29.6. The summed E-state index contributed by atoms with van der Waals surface area (Å²) < 4.78 is 11.2. The first-order valence-electron chi connectivity index (χ1n) is 13.1. The Balaban J connectivity index is 1.53. The Morgan fingerprint density at radius 2 is 1.89 bits per heavy atom. The van der Waals surface area contributed by atoms with Gasteiger partial charge in [0.1, 0.15) is 5.82 Å². The van der Waals surface area contributed by atoms with Crippen LogP contribution in [-0.2, 0) is 25.5 Å². The van der Waals surface area contributed by atoms with Crippen molar-refractivity contribution >= 4 is 23.6 Å². The van der Waals surface area contributed by atoms with Crippen molar-refractivity contribution in [3.8, 4) is 0 Å². The van der Waals surface area contributed by atoms with E-state index in [1.165, 1.54) is 0 Å². The molecule has 0 aromatic carbocycles. The van der Waals surface area contributed by atoms with Gasteiger partial charge in [-0.2, -0.15) is 10.1 Å². The molecule has 2 atom stereocenters. The summed E-state index contributed by atoms with van der Waals surface area (Å²) >= 11 is 0. The van der Waals surface area contributed by atoms with Crippen LogP contribution >= 0.6 is 0 Å². The molecule has 1 spiro atoms. The number of H-pyrrole nitrogens is 1. The molecule has 0 amide bonds. The molecule has 2 unspecified atom stereocenters. The van der Waals surface area contributed by atoms with Gasteiger partial charge < -0.3 is 9.47 Å². The van der Waals surface area contributed by atoms with Gasteiger partial charge in [-0.3, -0.25) is 5.10 Å². The number of hydrazone groups is 1. The maximum Gasteiger partial charge on any atom is 0.369 e. The van der Waals surface area contributed by atoms with Crippen LogP contribution in [0.5, 0.6) is 0 Å². The fourth-order valence-corrected chi connectivity index (χ4v) is 5.25. The summed E-state index contributed by atoms with van der Waals surface area (Å²) in [5, 5.41) is 10.8. The molecule has 36 heavy (non-hydrogen) atoms. The van der Waals surface area contributed by atoms with Crippen LogP contribution in [0.2, 0.25) is 0 Å². The van der Waals surface area contributed by atoms with Gasteiger partial charge in [0.2, 0.25) is 0 Å². The Morgan fingerprint density at radius 3 is 2.50 bits per heavy atom. The normalized spacial score (nSPS) is 24.3. The van der Waals surface area contributed by atoms with Crippen LogP contribution in [0.4, 0.5) is 5.95 Å². The molecule has 198 valence electrons. The summed E-state index contributed by atoms with van der Waals surface area (Å²) in [5.74, 6) is 0.238. The van der Waals surface area contributed by atoms with Crippen molar-refractivity contribution < 1.29 is 19.1 Å². The van der Waals surface area contributed by atoms with Crippen molar-refractivity contribution in [2.24, 2.45) is 28.8 Å². The summed E-state index contributed by atoms with van der Waals surface area (Å²) in [6, 6.07) is 0. The third-order valence-electron chi connectivity index (χ3n) is 7.04. The Kier molecular flexibility index (Phi) is 9.45. The highest BCUT2D eigenvalue weighted by atomic mass is 16.7. The molecular weight excluding hydrogens is 458 g/mol. The van der Waals surface area contributed by atoms with Gasteiger partial charge in [0.05, 0.1) is 0 Å². The Bertz CT molecular complexity index is 966. The van der Waals surface area contributed by atoms with Gasteiger partial charge in [-0.25, -0.2) is 15.0 Å². The zero-order chi connectivity index (χ0) is 26.3. The summed E-state index contributed by atoms with van der Waals surface area (Å²) in [6.45, 7) is 14.6. The first-order valence-corrected chi connectivity index (χ1v) is 13.1. The molecule has 9 nitrogen and oxygen atoms in total. The largest absolute Gasteiger partial charge is 0.417 e. The zero-order valence-corrected chi connectivity index (χ0v) is 22.3. The van der Waals surface area contributed by atoms with Crippen molar-refractivity contribution in [2.75, 3.05) is 5.43 Å². The first-order chi connectivity index (χ1) is 17.1. The predicted octanol–water partition coefficient (Wildman–Crippen LogP) is 5.33. The number of nitrogens with zero attached hydrogens (tertiary/aromatic N) is 3. The maximum atomic E-state index is 12.7. The topological polar surface area (TPSA) is 119 Å². The quantitative estimate of drug-likeness (QED) is 0.240. The molecule has 0 radical (unpaired) electrons. The molecular formula is C27H41N5O4. The number of aromatic amines is 1. The lowest BCUT2D eigenvalue weighted by molar-refractivity contribution is -0.241. The highest BCUT2D eigenvalue weighted by Gasteiger charge is 2.49. The van der Waals surface area contributed by atoms with Crippen LogP contribution in [0.25, 0.3) is 0 Å². The van der Waals surface area contributed by atoms with E-state index in [0.29, 0.717) is 48.8 Å². The number of hydrogen-bond donors (Lipinski definition) is 2. The van der Waals surface area contributed by atoms with Crippen molar-refractivity contribution in [2.45, 2.75) is 91.8 Å². The Labute approximate surface area is 214 Å². The molecule has 2 N–H and O–H groups in total. The van der Waals surface area contributed by atoms with E-state index in [4.69, 9.17) is 9.47 Å². The highest BCUT2D eigenvalue weighted by Crippen LogP contribution is 2.42. The number of rotatable bonds is 11. The van der Waals surface area contributed by atoms with E-state index in [2.05, 4.69) is 66.1 Å². The number of esters is 2. The molecule has 9 heteroatoms. The fraction of sp³-hybridized carbons (Fsp3) is 0.667. The smallest absolute Gasteiger partial charge is 0.369 e. The van der Waals surface area contributed by atoms with E-state index in [1.54, 1.807) is 0 Å². The van der Waals surface area contributed by atoms with Gasteiger partial charge in [-0.1, -0.05) is 45.4 Å². The third kappa shape index (κ3) is 7.51. The molecule has 2 heterocycles. The SMILES string of the molecule is C=CCCC(C)CC(C)C1CCC2(CC1)OC(=O)C(=NNc1n[nH]c(C/C(C)=C\C(C)C)n1)C(=O)O2. The minimum Gasteiger partial charge on any atom is -0.417 e. The number of hydrogen-bond acceptors (Lipinski definition) is 8. The molecule has 0 bridgehead atoms. The van der Waals surface area contributed by atoms with E-state index in [9.17, 15) is 9.59 Å². The standard InChI is InChI=1S/C27H41N5O4/c1-7-8-9-18(4)15-20(6)21-10-12-27(13-11-21)35-24(33)23(25(34)36-27)30-32-26-28-22(29-31-26)16-19(5)14-17(2)3/h7,14,17-18,20-21H,1,8-13,15-16H2,2-6H3,(H2,28,29,31,32)/b19-14-,30-23?. The lowest BCUT2D eigenvalue weighted by atomic mass is 9.75. The summed E-state index contributed by atoms with van der Waals surface area (Å²) in [6.07, 6.45) is 10.8. The van der Waals surface area contributed by atoms with Gasteiger partial charge in [-0.05, 0) is 62.7 Å². The van der Waals surface area contributed by atoms with E-state index in [1.807, 2.05) is 13.0 Å². The average Bonchev–Trinajstić information content (AvgIpc) is 3.23.